The van der Waals surface area contributed by atoms with Gasteiger partial charge in [-0.3, -0.25) is 10.2 Å². The Labute approximate surface area is 120 Å². The summed E-state index contributed by atoms with van der Waals surface area (Å²) < 4.78 is 4.76. The van der Waals surface area contributed by atoms with Gasteiger partial charge in [0.2, 0.25) is 5.91 Å². The molecule has 5 nitrogen and oxygen atoms in total. The van der Waals surface area contributed by atoms with Crippen molar-refractivity contribution in [1.29, 1.82) is 5.41 Å². The van der Waals surface area contributed by atoms with Crippen molar-refractivity contribution in [1.82, 2.24) is 0 Å². The first-order chi connectivity index (χ1) is 9.61. The highest BCUT2D eigenvalue weighted by Crippen LogP contribution is 2.22. The maximum Gasteiger partial charge on any atom is 0.250 e. The number of hydrogen-bond acceptors (Lipinski definition) is 5. The van der Waals surface area contributed by atoms with E-state index in [1.165, 1.54) is 18.4 Å². The molecule has 104 valence electrons. The van der Waals surface area contributed by atoms with Gasteiger partial charge in [-0.15, -0.1) is 0 Å². The van der Waals surface area contributed by atoms with Gasteiger partial charge in [-0.05, 0) is 29.6 Å². The molecule has 0 saturated carbocycles. The van der Waals surface area contributed by atoms with Gasteiger partial charge in [0.25, 0.3) is 0 Å². The summed E-state index contributed by atoms with van der Waals surface area (Å²) in [6.45, 7) is -0.0122. The van der Waals surface area contributed by atoms with E-state index in [0.29, 0.717) is 22.6 Å². The smallest absolute Gasteiger partial charge is 0.250 e. The van der Waals surface area contributed by atoms with Gasteiger partial charge in [-0.25, -0.2) is 0 Å². The molecule has 0 unspecified atom stereocenters. The molecule has 0 aliphatic rings. The highest BCUT2D eigenvalue weighted by Gasteiger charge is 2.11. The Balaban J connectivity index is 2.25. The first-order valence-electron chi connectivity index (χ1n) is 5.91. The van der Waals surface area contributed by atoms with Crippen molar-refractivity contribution in [2.75, 3.05) is 24.8 Å². The average Bonchev–Trinajstić information content (AvgIpc) is 2.94. The van der Waals surface area contributed by atoms with Crippen LogP contribution in [0, 0.1) is 5.41 Å². The molecule has 2 aromatic rings. The van der Waals surface area contributed by atoms with Crippen molar-refractivity contribution >= 4 is 34.3 Å². The summed E-state index contributed by atoms with van der Waals surface area (Å²) >= 11 is 1.52. The second-order valence-electron chi connectivity index (χ2n) is 4.17. The van der Waals surface area contributed by atoms with E-state index < -0.39 is 0 Å². The van der Waals surface area contributed by atoms with Crippen LogP contribution in [0.2, 0.25) is 0 Å². The number of nitrogen functional groups attached to an aromatic ring is 1. The van der Waals surface area contributed by atoms with Crippen LogP contribution in [0.5, 0.6) is 0 Å². The van der Waals surface area contributed by atoms with E-state index in [1.807, 2.05) is 16.8 Å². The monoisotopic (exact) mass is 289 g/mol. The molecule has 1 amide bonds. The highest BCUT2D eigenvalue weighted by molar-refractivity contribution is 7.08. The standard InChI is InChI=1S/C14H15N3O2S/c1-19-7-13(18)17-10-2-3-12(15)11(6-10)14(16)9-4-5-20-8-9/h2-6,8,16H,7,15H2,1H3,(H,17,18). The molecule has 0 fully saturated rings. The minimum absolute atomic E-state index is 0.0122. The number of benzene rings is 1. The maximum atomic E-state index is 11.5. The predicted molar refractivity (Wildman–Crippen MR) is 81.6 cm³/mol. The number of rotatable bonds is 5. The zero-order valence-electron chi connectivity index (χ0n) is 11.0. The van der Waals surface area contributed by atoms with E-state index >= 15 is 0 Å². The molecular weight excluding hydrogens is 274 g/mol. The van der Waals surface area contributed by atoms with E-state index in [-0.39, 0.29) is 12.5 Å². The Kier molecular flexibility index (Phi) is 4.49. The second kappa shape index (κ2) is 6.31. The fraction of sp³-hybridized carbons (Fsp3) is 0.143. The van der Waals surface area contributed by atoms with Crippen LogP contribution in [0.3, 0.4) is 0 Å². The highest BCUT2D eigenvalue weighted by atomic mass is 32.1. The summed E-state index contributed by atoms with van der Waals surface area (Å²) in [5, 5.41) is 14.7. The summed E-state index contributed by atoms with van der Waals surface area (Å²) in [6.07, 6.45) is 0. The molecular formula is C14H15N3O2S. The van der Waals surface area contributed by atoms with Crippen LogP contribution in [0.15, 0.2) is 35.0 Å². The molecule has 20 heavy (non-hydrogen) atoms. The third-order valence-electron chi connectivity index (χ3n) is 2.69. The summed E-state index contributed by atoms with van der Waals surface area (Å²) in [5.74, 6) is -0.245. The Morgan fingerprint density at radius 2 is 2.25 bits per heavy atom. The lowest BCUT2D eigenvalue weighted by Crippen LogP contribution is -2.17. The van der Waals surface area contributed by atoms with Crippen LogP contribution in [0.4, 0.5) is 11.4 Å². The van der Waals surface area contributed by atoms with E-state index in [0.717, 1.165) is 5.56 Å². The molecule has 1 heterocycles. The molecule has 0 aliphatic carbocycles. The van der Waals surface area contributed by atoms with Crippen molar-refractivity contribution in [3.63, 3.8) is 0 Å². The van der Waals surface area contributed by atoms with Crippen LogP contribution in [0.1, 0.15) is 11.1 Å². The average molecular weight is 289 g/mol. The van der Waals surface area contributed by atoms with Gasteiger partial charge in [-0.2, -0.15) is 11.3 Å². The first-order valence-corrected chi connectivity index (χ1v) is 6.86. The largest absolute Gasteiger partial charge is 0.398 e. The fourth-order valence-corrected chi connectivity index (χ4v) is 2.39. The van der Waals surface area contributed by atoms with Crippen LogP contribution in [-0.2, 0) is 9.53 Å². The maximum absolute atomic E-state index is 11.5. The van der Waals surface area contributed by atoms with Crippen LogP contribution in [-0.4, -0.2) is 25.3 Å². The van der Waals surface area contributed by atoms with Crippen molar-refractivity contribution < 1.29 is 9.53 Å². The SMILES string of the molecule is COCC(=O)Nc1ccc(N)c(C(=N)c2ccsc2)c1. The Morgan fingerprint density at radius 3 is 2.90 bits per heavy atom. The number of amides is 1. The van der Waals surface area contributed by atoms with E-state index in [9.17, 15) is 4.79 Å². The van der Waals surface area contributed by atoms with Crippen LogP contribution in [0.25, 0.3) is 0 Å². The summed E-state index contributed by atoms with van der Waals surface area (Å²) in [7, 11) is 1.46. The Morgan fingerprint density at radius 1 is 1.45 bits per heavy atom. The molecule has 0 aliphatic heterocycles. The number of thiophene rings is 1. The summed E-state index contributed by atoms with van der Waals surface area (Å²) in [4.78, 5) is 11.5. The molecule has 1 aromatic heterocycles. The first kappa shape index (κ1) is 14.2. The van der Waals surface area contributed by atoms with Gasteiger partial charge in [0.1, 0.15) is 6.61 Å². The third-order valence-corrected chi connectivity index (χ3v) is 3.37. The van der Waals surface area contributed by atoms with Gasteiger partial charge in [-0.1, -0.05) is 0 Å². The van der Waals surface area contributed by atoms with Gasteiger partial charge in [0.05, 0.1) is 5.71 Å². The molecule has 2 rings (SSSR count). The molecule has 0 atom stereocenters. The van der Waals surface area contributed by atoms with Crippen molar-refractivity contribution in [3.05, 3.63) is 46.2 Å². The van der Waals surface area contributed by atoms with Crippen molar-refractivity contribution in [2.24, 2.45) is 0 Å². The van der Waals surface area contributed by atoms with Crippen molar-refractivity contribution in [3.8, 4) is 0 Å². The lowest BCUT2D eigenvalue weighted by atomic mass is 10.0. The number of nitrogens with two attached hydrogens (primary N) is 1. The molecule has 0 bridgehead atoms. The molecule has 6 heteroatoms. The van der Waals surface area contributed by atoms with Crippen LogP contribution >= 0.6 is 11.3 Å². The number of hydrogen-bond donors (Lipinski definition) is 3. The van der Waals surface area contributed by atoms with Crippen molar-refractivity contribution in [2.45, 2.75) is 0 Å². The molecule has 0 radical (unpaired) electrons. The normalized spacial score (nSPS) is 10.2. The van der Waals surface area contributed by atoms with Crippen LogP contribution < -0.4 is 11.1 Å². The second-order valence-corrected chi connectivity index (χ2v) is 4.95. The Hall–Kier alpha value is -2.18. The zero-order chi connectivity index (χ0) is 14.5. The molecule has 0 spiro atoms. The lowest BCUT2D eigenvalue weighted by molar-refractivity contribution is -0.119. The number of nitrogens with one attached hydrogen (secondary N) is 2. The van der Waals surface area contributed by atoms with E-state index in [1.54, 1.807) is 18.2 Å². The predicted octanol–water partition coefficient (Wildman–Crippen LogP) is 2.33. The number of anilines is 2. The van der Waals surface area contributed by atoms with Gasteiger partial charge < -0.3 is 15.8 Å². The fourth-order valence-electron chi connectivity index (χ4n) is 1.74. The van der Waals surface area contributed by atoms with E-state index in [4.69, 9.17) is 15.9 Å². The van der Waals surface area contributed by atoms with E-state index in [2.05, 4.69) is 5.32 Å². The zero-order valence-corrected chi connectivity index (χ0v) is 11.8. The molecule has 1 aromatic carbocycles. The third kappa shape index (κ3) is 3.23. The lowest BCUT2D eigenvalue weighted by Gasteiger charge is -2.10. The minimum atomic E-state index is -0.245. The summed E-state index contributed by atoms with van der Waals surface area (Å²) in [6, 6.07) is 6.94. The topological polar surface area (TPSA) is 88.2 Å². The minimum Gasteiger partial charge on any atom is -0.398 e. The van der Waals surface area contributed by atoms with Gasteiger partial charge in [0, 0.05) is 35.0 Å². The molecule has 4 N–H and O–H groups in total. The number of methoxy groups -OCH3 is 1. The number of carbonyl (C=O) groups is 1. The summed E-state index contributed by atoms with van der Waals surface area (Å²) in [5.41, 5.74) is 8.75. The number of carbonyl (C=O) groups excluding carboxylic acids is 1. The number of ether oxygens (including phenoxy) is 1. The van der Waals surface area contributed by atoms with Gasteiger partial charge in [0.15, 0.2) is 0 Å². The Bertz CT molecular complexity index is 623. The molecule has 0 saturated heterocycles. The van der Waals surface area contributed by atoms with Gasteiger partial charge >= 0.3 is 0 Å². The quantitative estimate of drug-likeness (QED) is 0.583.